The lowest BCUT2D eigenvalue weighted by molar-refractivity contribution is -0.357. The second kappa shape index (κ2) is 8.64. The summed E-state index contributed by atoms with van der Waals surface area (Å²) in [6, 6.07) is 0. The lowest BCUT2D eigenvalue weighted by atomic mass is 9.92. The number of alkyl carbamates (subject to hydrolysis) is 1. The molecule has 0 radical (unpaired) electrons. The number of halogens is 3. The summed E-state index contributed by atoms with van der Waals surface area (Å²) in [5.74, 6) is -0.0651. The molecule has 0 aromatic rings. The van der Waals surface area contributed by atoms with Gasteiger partial charge in [-0.3, -0.25) is 9.53 Å². The summed E-state index contributed by atoms with van der Waals surface area (Å²) < 4.78 is 50.5. The van der Waals surface area contributed by atoms with Crippen molar-refractivity contribution in [2.24, 2.45) is 5.92 Å². The molecular formula is C17H27F3N2O5. The smallest absolute Gasteiger partial charge is 0.444 e. The van der Waals surface area contributed by atoms with Crippen LogP contribution in [-0.2, 0) is 19.0 Å². The molecule has 2 aliphatic rings. The highest BCUT2D eigenvalue weighted by Gasteiger charge is 2.41. The molecule has 27 heavy (non-hydrogen) atoms. The van der Waals surface area contributed by atoms with Crippen molar-refractivity contribution in [1.82, 2.24) is 10.2 Å². The molecule has 1 saturated carbocycles. The summed E-state index contributed by atoms with van der Waals surface area (Å²) in [5.41, 5.74) is -0.565. The standard InChI is InChI=1S/C17H27F3N2O5/c1-16(2,3)27-15(24)21-8-11-4-5-22(9-11)14(23)10-25-12-6-13(7-12)26-17(18,19)20/h11-13H,4-10H2,1-3H3,(H,21,24). The van der Waals surface area contributed by atoms with Gasteiger partial charge < -0.3 is 19.7 Å². The molecular weight excluding hydrogens is 369 g/mol. The second-order valence-electron chi connectivity index (χ2n) is 7.97. The molecule has 0 bridgehead atoms. The van der Waals surface area contributed by atoms with Gasteiger partial charge in [0.2, 0.25) is 5.91 Å². The number of hydrogen-bond acceptors (Lipinski definition) is 5. The number of hydrogen-bond donors (Lipinski definition) is 1. The predicted octanol–water partition coefficient (Wildman–Crippen LogP) is 2.44. The number of carbonyl (C=O) groups is 2. The van der Waals surface area contributed by atoms with E-state index in [1.165, 1.54) is 0 Å². The van der Waals surface area contributed by atoms with Crippen molar-refractivity contribution >= 4 is 12.0 Å². The molecule has 2 fully saturated rings. The fourth-order valence-electron chi connectivity index (χ4n) is 2.99. The van der Waals surface area contributed by atoms with E-state index >= 15 is 0 Å². The maximum atomic E-state index is 12.1. The van der Waals surface area contributed by atoms with Crippen LogP contribution < -0.4 is 5.32 Å². The Balaban J connectivity index is 1.59. The van der Waals surface area contributed by atoms with E-state index in [9.17, 15) is 22.8 Å². The summed E-state index contributed by atoms with van der Waals surface area (Å²) in [5, 5.41) is 2.70. The Kier molecular flexibility index (Phi) is 6.96. The van der Waals surface area contributed by atoms with Crippen LogP contribution >= 0.6 is 0 Å². The number of carbonyl (C=O) groups excluding carboxylic acids is 2. The third-order valence-corrected chi connectivity index (χ3v) is 4.37. The second-order valence-corrected chi connectivity index (χ2v) is 7.97. The van der Waals surface area contributed by atoms with Crippen LogP contribution in [-0.4, -0.2) is 67.3 Å². The number of nitrogens with zero attached hydrogens (tertiary/aromatic N) is 1. The number of nitrogens with one attached hydrogen (secondary N) is 1. The van der Waals surface area contributed by atoms with Crippen LogP contribution in [0, 0.1) is 5.92 Å². The van der Waals surface area contributed by atoms with E-state index < -0.39 is 24.2 Å². The van der Waals surface area contributed by atoms with Crippen molar-refractivity contribution in [1.29, 1.82) is 0 Å². The van der Waals surface area contributed by atoms with Crippen LogP contribution in [0.15, 0.2) is 0 Å². The minimum absolute atomic E-state index is 0.134. The van der Waals surface area contributed by atoms with Crippen molar-refractivity contribution in [3.8, 4) is 0 Å². The van der Waals surface area contributed by atoms with E-state index in [1.54, 1.807) is 25.7 Å². The van der Waals surface area contributed by atoms with Gasteiger partial charge in [0, 0.05) is 32.5 Å². The van der Waals surface area contributed by atoms with Crippen LogP contribution in [0.5, 0.6) is 0 Å². The zero-order chi connectivity index (χ0) is 20.2. The van der Waals surface area contributed by atoms with Gasteiger partial charge in [-0.15, -0.1) is 13.2 Å². The van der Waals surface area contributed by atoms with Crippen molar-refractivity contribution < 1.29 is 37.0 Å². The van der Waals surface area contributed by atoms with Gasteiger partial charge in [0.05, 0.1) is 12.2 Å². The molecule has 2 amide bonds. The quantitative estimate of drug-likeness (QED) is 0.746. The average Bonchev–Trinajstić information content (AvgIpc) is 2.93. The number of ether oxygens (including phenoxy) is 3. The first-order valence-electron chi connectivity index (χ1n) is 9.02. The van der Waals surface area contributed by atoms with Gasteiger partial charge in [0.25, 0.3) is 0 Å². The van der Waals surface area contributed by atoms with Crippen LogP contribution in [0.25, 0.3) is 0 Å². The maximum Gasteiger partial charge on any atom is 0.522 e. The summed E-state index contributed by atoms with van der Waals surface area (Å²) in [7, 11) is 0. The highest BCUT2D eigenvalue weighted by atomic mass is 19.4. The molecule has 1 atom stereocenters. The zero-order valence-corrected chi connectivity index (χ0v) is 15.8. The molecule has 0 spiro atoms. The minimum atomic E-state index is -4.64. The largest absolute Gasteiger partial charge is 0.522 e. The van der Waals surface area contributed by atoms with E-state index in [-0.39, 0.29) is 37.4 Å². The molecule has 156 valence electrons. The third kappa shape index (κ3) is 7.92. The molecule has 1 saturated heterocycles. The Morgan fingerprint density at radius 2 is 1.81 bits per heavy atom. The number of alkyl halides is 3. The first-order valence-corrected chi connectivity index (χ1v) is 9.02. The summed E-state index contributed by atoms with van der Waals surface area (Å²) in [4.78, 5) is 25.4. The lowest BCUT2D eigenvalue weighted by Crippen LogP contribution is -2.43. The third-order valence-electron chi connectivity index (χ3n) is 4.37. The first kappa shape index (κ1) is 21.7. The van der Waals surface area contributed by atoms with Gasteiger partial charge in [-0.2, -0.15) is 0 Å². The van der Waals surface area contributed by atoms with E-state index in [1.807, 2.05) is 0 Å². The zero-order valence-electron chi connectivity index (χ0n) is 15.8. The number of likely N-dealkylation sites (tertiary alicyclic amines) is 1. The van der Waals surface area contributed by atoms with Crippen LogP contribution in [0.1, 0.15) is 40.0 Å². The van der Waals surface area contributed by atoms with Crippen LogP contribution in [0.2, 0.25) is 0 Å². The van der Waals surface area contributed by atoms with Gasteiger partial charge in [0.15, 0.2) is 0 Å². The van der Waals surface area contributed by atoms with Gasteiger partial charge in [-0.25, -0.2) is 4.79 Å². The summed E-state index contributed by atoms with van der Waals surface area (Å²) in [6.07, 6.45) is -5.37. The number of rotatable bonds is 6. The summed E-state index contributed by atoms with van der Waals surface area (Å²) >= 11 is 0. The molecule has 7 nitrogen and oxygen atoms in total. The van der Waals surface area contributed by atoms with Crippen LogP contribution in [0.3, 0.4) is 0 Å². The summed E-state index contributed by atoms with van der Waals surface area (Å²) in [6.45, 7) is 6.66. The monoisotopic (exact) mass is 396 g/mol. The van der Waals surface area contributed by atoms with E-state index in [2.05, 4.69) is 10.1 Å². The predicted molar refractivity (Wildman–Crippen MR) is 88.8 cm³/mol. The first-order chi connectivity index (χ1) is 12.4. The molecule has 1 N–H and O–H groups in total. The molecule has 1 heterocycles. The molecule has 0 aromatic heterocycles. The van der Waals surface area contributed by atoms with E-state index in [0.717, 1.165) is 6.42 Å². The van der Waals surface area contributed by atoms with Crippen molar-refractivity contribution in [3.05, 3.63) is 0 Å². The Morgan fingerprint density at radius 1 is 1.15 bits per heavy atom. The van der Waals surface area contributed by atoms with Gasteiger partial charge in [-0.05, 0) is 33.1 Å². The van der Waals surface area contributed by atoms with Crippen molar-refractivity contribution in [2.75, 3.05) is 26.2 Å². The normalized spacial score (nSPS) is 25.9. The minimum Gasteiger partial charge on any atom is -0.444 e. The highest BCUT2D eigenvalue weighted by Crippen LogP contribution is 2.32. The molecule has 1 aliphatic heterocycles. The Labute approximate surface area is 156 Å². The SMILES string of the molecule is CC(C)(C)OC(=O)NCC1CCN(C(=O)COC2CC(OC(F)(F)F)C2)C1. The maximum absolute atomic E-state index is 12.1. The van der Waals surface area contributed by atoms with E-state index in [4.69, 9.17) is 9.47 Å². The van der Waals surface area contributed by atoms with E-state index in [0.29, 0.717) is 19.6 Å². The van der Waals surface area contributed by atoms with Crippen LogP contribution in [0.4, 0.5) is 18.0 Å². The number of amides is 2. The van der Waals surface area contributed by atoms with Crippen molar-refractivity contribution in [2.45, 2.75) is 64.2 Å². The van der Waals surface area contributed by atoms with Gasteiger partial charge in [-0.1, -0.05) is 0 Å². The fourth-order valence-corrected chi connectivity index (χ4v) is 2.99. The molecule has 10 heteroatoms. The fraction of sp³-hybridized carbons (Fsp3) is 0.882. The molecule has 1 unspecified atom stereocenters. The lowest BCUT2D eigenvalue weighted by Gasteiger charge is -2.35. The highest BCUT2D eigenvalue weighted by molar-refractivity contribution is 5.77. The topological polar surface area (TPSA) is 77.1 Å². The molecule has 1 aliphatic carbocycles. The average molecular weight is 396 g/mol. The molecule has 0 aromatic carbocycles. The Morgan fingerprint density at radius 3 is 2.41 bits per heavy atom. The van der Waals surface area contributed by atoms with Crippen molar-refractivity contribution in [3.63, 3.8) is 0 Å². The Hall–Kier alpha value is -1.55. The van der Waals surface area contributed by atoms with Gasteiger partial charge >= 0.3 is 12.5 Å². The molecule has 2 rings (SSSR count). The Bertz CT molecular complexity index is 530. The van der Waals surface area contributed by atoms with Gasteiger partial charge in [0.1, 0.15) is 12.2 Å².